The first kappa shape index (κ1) is 28.3. The zero-order chi connectivity index (χ0) is 29.2. The van der Waals surface area contributed by atoms with Crippen LogP contribution in [-0.2, 0) is 24.4 Å². The second kappa shape index (κ2) is 11.2. The molecule has 0 bridgehead atoms. The first-order chi connectivity index (χ1) is 18.9. The number of halogens is 5. The van der Waals surface area contributed by atoms with Crippen LogP contribution in [0.2, 0.25) is 5.02 Å². The molecular weight excluding hydrogens is 564 g/mol. The highest BCUT2D eigenvalue weighted by atomic mass is 35.5. The summed E-state index contributed by atoms with van der Waals surface area (Å²) in [4.78, 5) is 45.0. The Morgan fingerprint density at radius 3 is 2.45 bits per heavy atom. The van der Waals surface area contributed by atoms with Gasteiger partial charge in [-0.15, -0.1) is 0 Å². The topological polar surface area (TPSA) is 126 Å². The summed E-state index contributed by atoms with van der Waals surface area (Å²) in [7, 11) is 0.773. The zero-order valence-corrected chi connectivity index (χ0v) is 21.0. The minimum absolute atomic E-state index is 0.131. The fourth-order valence-corrected chi connectivity index (χ4v) is 3.76. The molecule has 40 heavy (non-hydrogen) atoms. The van der Waals surface area contributed by atoms with Crippen LogP contribution < -0.4 is 20.7 Å². The molecule has 15 heteroatoms. The summed E-state index contributed by atoms with van der Waals surface area (Å²) in [5.74, 6) is -3.36. The maximum atomic E-state index is 14.8. The van der Waals surface area contributed by atoms with E-state index in [4.69, 9.17) is 21.1 Å². The molecule has 0 radical (unpaired) electrons. The Hall–Kier alpha value is -4.72. The molecule has 3 heterocycles. The van der Waals surface area contributed by atoms with E-state index in [0.29, 0.717) is 11.8 Å². The number of rotatable bonds is 8. The predicted molar refractivity (Wildman–Crippen MR) is 132 cm³/mol. The monoisotopic (exact) mass is 580 g/mol. The molecule has 0 aliphatic carbocycles. The molecular formula is C25H17ClF4N4O6. The van der Waals surface area contributed by atoms with Crippen molar-refractivity contribution in [3.05, 3.63) is 104 Å². The third-order valence-corrected chi connectivity index (χ3v) is 5.75. The van der Waals surface area contributed by atoms with Crippen LogP contribution in [-0.4, -0.2) is 36.3 Å². The van der Waals surface area contributed by atoms with Gasteiger partial charge in [0.1, 0.15) is 17.3 Å². The maximum absolute atomic E-state index is 14.8. The lowest BCUT2D eigenvalue weighted by Gasteiger charge is -2.18. The van der Waals surface area contributed by atoms with Crippen LogP contribution in [0.3, 0.4) is 0 Å². The molecule has 3 aromatic heterocycles. The Morgan fingerprint density at radius 1 is 1.07 bits per heavy atom. The molecule has 0 aliphatic heterocycles. The van der Waals surface area contributed by atoms with E-state index in [0.717, 1.165) is 13.1 Å². The van der Waals surface area contributed by atoms with E-state index in [1.165, 1.54) is 24.5 Å². The molecule has 0 aliphatic rings. The molecule has 1 aromatic carbocycles. The average molecular weight is 581 g/mol. The SMILES string of the molecule is Cn1c(C(F)(F)F)cc(=O)n(-c2cc(Oc3cccnc3OC(Cc3ccccn3)C(=O)O)c(Cl)cc2F)c1=O. The summed E-state index contributed by atoms with van der Waals surface area (Å²) in [6.07, 6.45) is -3.83. The van der Waals surface area contributed by atoms with E-state index in [9.17, 15) is 37.1 Å². The highest BCUT2D eigenvalue weighted by molar-refractivity contribution is 6.32. The average Bonchev–Trinajstić information content (AvgIpc) is 2.89. The number of carboxylic acid groups (broad SMARTS) is 1. The van der Waals surface area contributed by atoms with Crippen molar-refractivity contribution in [2.45, 2.75) is 18.7 Å². The van der Waals surface area contributed by atoms with E-state index in [1.54, 1.807) is 18.2 Å². The number of aromatic nitrogens is 4. The molecule has 208 valence electrons. The lowest BCUT2D eigenvalue weighted by Crippen LogP contribution is -2.41. The number of ether oxygens (including phenoxy) is 2. The largest absolute Gasteiger partial charge is 0.478 e. The van der Waals surface area contributed by atoms with Crippen molar-refractivity contribution < 1.29 is 36.9 Å². The summed E-state index contributed by atoms with van der Waals surface area (Å²) < 4.78 is 66.0. The molecule has 1 atom stereocenters. The molecule has 4 rings (SSSR count). The van der Waals surface area contributed by atoms with E-state index in [1.807, 2.05) is 0 Å². The molecule has 1 unspecified atom stereocenters. The fourth-order valence-electron chi connectivity index (χ4n) is 3.57. The summed E-state index contributed by atoms with van der Waals surface area (Å²) in [5.41, 5.74) is -4.78. The fraction of sp³-hybridized carbons (Fsp3) is 0.160. The van der Waals surface area contributed by atoms with Gasteiger partial charge in [-0.05, 0) is 30.3 Å². The van der Waals surface area contributed by atoms with Crippen LogP contribution in [0, 0.1) is 5.82 Å². The van der Waals surface area contributed by atoms with Gasteiger partial charge in [0.05, 0.1) is 10.7 Å². The number of nitrogens with zero attached hydrogens (tertiary/aromatic N) is 4. The Bertz CT molecular complexity index is 1690. The number of hydrogen-bond donors (Lipinski definition) is 1. The number of aliphatic carboxylic acids is 1. The summed E-state index contributed by atoms with van der Waals surface area (Å²) in [6, 6.07) is 9.32. The van der Waals surface area contributed by atoms with E-state index in [2.05, 4.69) is 9.97 Å². The number of hydrogen-bond acceptors (Lipinski definition) is 7. The predicted octanol–water partition coefficient (Wildman–Crippen LogP) is 4.00. The van der Waals surface area contributed by atoms with Gasteiger partial charge in [0.25, 0.3) is 11.4 Å². The van der Waals surface area contributed by atoms with Gasteiger partial charge in [-0.1, -0.05) is 17.7 Å². The Kier molecular flexibility index (Phi) is 7.91. The third-order valence-electron chi connectivity index (χ3n) is 5.46. The first-order valence-electron chi connectivity index (χ1n) is 11.2. The van der Waals surface area contributed by atoms with Crippen molar-refractivity contribution in [3.8, 4) is 23.1 Å². The number of benzene rings is 1. The van der Waals surface area contributed by atoms with Crippen LogP contribution in [0.25, 0.3) is 5.69 Å². The first-order valence-corrected chi connectivity index (χ1v) is 11.6. The normalized spacial score (nSPS) is 12.2. The van der Waals surface area contributed by atoms with Gasteiger partial charge < -0.3 is 14.6 Å². The van der Waals surface area contributed by atoms with E-state index in [-0.39, 0.29) is 44.0 Å². The van der Waals surface area contributed by atoms with Gasteiger partial charge >= 0.3 is 17.8 Å². The molecule has 0 amide bonds. The van der Waals surface area contributed by atoms with Crippen molar-refractivity contribution in [2.24, 2.45) is 7.05 Å². The summed E-state index contributed by atoms with van der Waals surface area (Å²) >= 11 is 6.10. The van der Waals surface area contributed by atoms with Crippen molar-refractivity contribution >= 4 is 17.6 Å². The highest BCUT2D eigenvalue weighted by Gasteiger charge is 2.35. The van der Waals surface area contributed by atoms with Gasteiger partial charge in [0, 0.05) is 43.7 Å². The number of pyridine rings is 2. The van der Waals surface area contributed by atoms with Crippen molar-refractivity contribution in [1.82, 2.24) is 19.1 Å². The summed E-state index contributed by atoms with van der Waals surface area (Å²) in [6.45, 7) is 0. The zero-order valence-electron chi connectivity index (χ0n) is 20.2. The van der Waals surface area contributed by atoms with E-state index < -0.39 is 46.7 Å². The second-order valence-corrected chi connectivity index (χ2v) is 8.56. The number of carboxylic acids is 1. The second-order valence-electron chi connectivity index (χ2n) is 8.16. The van der Waals surface area contributed by atoms with Gasteiger partial charge in [0.15, 0.2) is 5.75 Å². The lowest BCUT2D eigenvalue weighted by molar-refractivity contribution is -0.145. The quantitative estimate of drug-likeness (QED) is 0.310. The molecule has 0 saturated carbocycles. The van der Waals surface area contributed by atoms with Gasteiger partial charge in [-0.25, -0.2) is 23.5 Å². The Morgan fingerprint density at radius 2 is 1.80 bits per heavy atom. The van der Waals surface area contributed by atoms with Gasteiger partial charge in [-0.2, -0.15) is 13.2 Å². The van der Waals surface area contributed by atoms with Crippen molar-refractivity contribution in [2.75, 3.05) is 0 Å². The molecule has 0 saturated heterocycles. The number of alkyl halides is 3. The third kappa shape index (κ3) is 5.96. The van der Waals surface area contributed by atoms with Gasteiger partial charge in [-0.3, -0.25) is 14.3 Å². The lowest BCUT2D eigenvalue weighted by atomic mass is 10.2. The van der Waals surface area contributed by atoms with Crippen LogP contribution in [0.5, 0.6) is 17.4 Å². The van der Waals surface area contributed by atoms with Crippen molar-refractivity contribution in [3.63, 3.8) is 0 Å². The number of carbonyl (C=O) groups is 1. The Labute approximate surface area is 226 Å². The van der Waals surface area contributed by atoms with Gasteiger partial charge in [0.2, 0.25) is 6.10 Å². The van der Waals surface area contributed by atoms with E-state index >= 15 is 0 Å². The Balaban J connectivity index is 1.72. The minimum atomic E-state index is -5.01. The smallest absolute Gasteiger partial charge is 0.431 e. The maximum Gasteiger partial charge on any atom is 0.431 e. The summed E-state index contributed by atoms with van der Waals surface area (Å²) in [5, 5.41) is 9.29. The molecule has 0 fully saturated rings. The van der Waals surface area contributed by atoms with Crippen LogP contribution >= 0.6 is 11.6 Å². The van der Waals surface area contributed by atoms with Crippen LogP contribution in [0.1, 0.15) is 11.4 Å². The molecule has 0 spiro atoms. The minimum Gasteiger partial charge on any atom is -0.478 e. The molecule has 10 nitrogen and oxygen atoms in total. The van der Waals surface area contributed by atoms with Crippen LogP contribution in [0.4, 0.5) is 17.6 Å². The molecule has 4 aromatic rings. The standard InChI is InChI=1S/C25H17ClF4N4O6/c1-33-20(25(28,29)30)12-21(35)34(24(33)38)16-11-18(14(26)10-15(16)27)39-17-6-4-8-32-22(17)40-19(23(36)37)9-13-5-2-3-7-31-13/h2-8,10-12,19H,9H2,1H3,(H,36,37). The van der Waals surface area contributed by atoms with Crippen molar-refractivity contribution in [1.29, 1.82) is 0 Å². The van der Waals surface area contributed by atoms with Crippen LogP contribution in [0.15, 0.2) is 70.5 Å². The molecule has 1 N–H and O–H groups in total. The highest BCUT2D eigenvalue weighted by Crippen LogP contribution is 2.36.